The third-order valence-corrected chi connectivity index (χ3v) is 5.34. The first-order valence-electron chi connectivity index (χ1n) is 10.1. The zero-order valence-electron chi connectivity index (χ0n) is 17.4. The highest BCUT2D eigenvalue weighted by atomic mass is 16.5. The molecular formula is C22H29N5O3. The van der Waals surface area contributed by atoms with Crippen molar-refractivity contribution in [2.45, 2.75) is 37.9 Å². The maximum atomic E-state index is 13.0. The molecular weight excluding hydrogens is 382 g/mol. The Labute approximate surface area is 176 Å². The van der Waals surface area contributed by atoms with Crippen LogP contribution in [0.5, 0.6) is 5.75 Å². The number of methoxy groups -OCH3 is 1. The van der Waals surface area contributed by atoms with E-state index in [-0.39, 0.29) is 17.9 Å². The quantitative estimate of drug-likeness (QED) is 0.600. The van der Waals surface area contributed by atoms with Crippen molar-refractivity contribution in [1.82, 2.24) is 20.5 Å². The average molecular weight is 412 g/mol. The van der Waals surface area contributed by atoms with Gasteiger partial charge in [0.1, 0.15) is 17.6 Å². The number of anilines is 1. The van der Waals surface area contributed by atoms with Gasteiger partial charge in [0.15, 0.2) is 0 Å². The van der Waals surface area contributed by atoms with Crippen LogP contribution >= 0.6 is 0 Å². The number of carbonyl (C=O) groups is 2. The molecule has 30 heavy (non-hydrogen) atoms. The van der Waals surface area contributed by atoms with Gasteiger partial charge in [0.25, 0.3) is 0 Å². The van der Waals surface area contributed by atoms with E-state index in [2.05, 4.69) is 15.6 Å². The van der Waals surface area contributed by atoms with Crippen molar-refractivity contribution in [2.75, 3.05) is 26.4 Å². The van der Waals surface area contributed by atoms with Crippen LogP contribution in [0.1, 0.15) is 24.0 Å². The van der Waals surface area contributed by atoms with Crippen molar-refractivity contribution < 1.29 is 14.3 Å². The van der Waals surface area contributed by atoms with Crippen molar-refractivity contribution in [3.63, 3.8) is 0 Å². The molecule has 1 aromatic heterocycles. The van der Waals surface area contributed by atoms with Gasteiger partial charge in [-0.05, 0) is 55.8 Å². The Morgan fingerprint density at radius 1 is 1.30 bits per heavy atom. The Balaban J connectivity index is 1.70. The Bertz CT molecular complexity index is 871. The van der Waals surface area contributed by atoms with Crippen LogP contribution in [0.2, 0.25) is 0 Å². The monoisotopic (exact) mass is 411 g/mol. The van der Waals surface area contributed by atoms with Gasteiger partial charge in [-0.25, -0.2) is 4.98 Å². The second kappa shape index (κ2) is 10.1. The number of nitrogens with zero attached hydrogens (tertiary/aromatic N) is 2. The number of nitrogen functional groups attached to an aromatic ring is 1. The second-order valence-electron chi connectivity index (χ2n) is 7.56. The van der Waals surface area contributed by atoms with E-state index in [1.54, 1.807) is 19.4 Å². The molecule has 1 aliphatic rings. The summed E-state index contributed by atoms with van der Waals surface area (Å²) < 4.78 is 5.28. The van der Waals surface area contributed by atoms with Crippen molar-refractivity contribution in [3.05, 3.63) is 53.7 Å². The number of hydrogen-bond donors (Lipinski definition) is 3. The number of nitrogens with two attached hydrogens (primary N) is 1. The minimum Gasteiger partial charge on any atom is -0.497 e. The van der Waals surface area contributed by atoms with Crippen LogP contribution < -0.4 is 21.1 Å². The van der Waals surface area contributed by atoms with Crippen LogP contribution in [0.3, 0.4) is 0 Å². The molecule has 1 aromatic carbocycles. The summed E-state index contributed by atoms with van der Waals surface area (Å²) in [5.74, 6) is 0.770. The van der Waals surface area contributed by atoms with Crippen LogP contribution in [-0.2, 0) is 22.6 Å². The minimum atomic E-state index is -0.694. The molecule has 3 rings (SSSR count). The maximum Gasteiger partial charge on any atom is 0.243 e. The molecule has 0 radical (unpaired) electrons. The van der Waals surface area contributed by atoms with Crippen molar-refractivity contribution in [3.8, 4) is 5.75 Å². The molecule has 2 heterocycles. The summed E-state index contributed by atoms with van der Waals surface area (Å²) in [4.78, 5) is 31.8. The molecule has 160 valence electrons. The molecule has 2 atom stereocenters. The lowest BCUT2D eigenvalue weighted by Gasteiger charge is -2.24. The molecule has 0 saturated carbocycles. The number of rotatable bonds is 8. The zero-order valence-corrected chi connectivity index (χ0v) is 17.4. The van der Waals surface area contributed by atoms with Crippen molar-refractivity contribution >= 4 is 17.6 Å². The smallest absolute Gasteiger partial charge is 0.243 e. The van der Waals surface area contributed by atoms with Gasteiger partial charge in [-0.1, -0.05) is 18.2 Å². The zero-order chi connectivity index (χ0) is 21.5. The fraction of sp³-hybridized carbons (Fsp3) is 0.409. The third kappa shape index (κ3) is 5.70. The Hall–Kier alpha value is -3.13. The molecule has 2 aromatic rings. The Kier molecular flexibility index (Phi) is 7.24. The summed E-state index contributed by atoms with van der Waals surface area (Å²) in [6, 6.07) is 10.1. The first kappa shape index (κ1) is 21.6. The summed E-state index contributed by atoms with van der Waals surface area (Å²) in [5, 5.41) is 5.85. The Morgan fingerprint density at radius 2 is 2.13 bits per heavy atom. The predicted octanol–water partition coefficient (Wildman–Crippen LogP) is 1.11. The summed E-state index contributed by atoms with van der Waals surface area (Å²) >= 11 is 0. The summed E-state index contributed by atoms with van der Waals surface area (Å²) in [6.07, 6.45) is 3.77. The first-order valence-corrected chi connectivity index (χ1v) is 10.1. The fourth-order valence-electron chi connectivity index (χ4n) is 3.61. The number of likely N-dealkylation sites (tertiary alicyclic amines) is 1. The van der Waals surface area contributed by atoms with Gasteiger partial charge in [0.05, 0.1) is 13.2 Å². The number of likely N-dealkylation sites (N-methyl/N-ethyl adjacent to an activating group) is 1. The molecule has 1 saturated heterocycles. The third-order valence-electron chi connectivity index (χ3n) is 5.34. The van der Waals surface area contributed by atoms with E-state index in [1.807, 2.05) is 42.3 Å². The van der Waals surface area contributed by atoms with E-state index in [4.69, 9.17) is 10.5 Å². The second-order valence-corrected chi connectivity index (χ2v) is 7.56. The van der Waals surface area contributed by atoms with E-state index in [9.17, 15) is 9.59 Å². The molecule has 1 fully saturated rings. The molecule has 2 amide bonds. The van der Waals surface area contributed by atoms with Crippen molar-refractivity contribution in [1.29, 1.82) is 0 Å². The lowest BCUT2D eigenvalue weighted by atomic mass is 10.0. The highest BCUT2D eigenvalue weighted by molar-refractivity contribution is 5.90. The minimum absolute atomic E-state index is 0.118. The lowest BCUT2D eigenvalue weighted by Crippen LogP contribution is -2.52. The molecule has 8 nitrogen and oxygen atoms in total. The van der Waals surface area contributed by atoms with E-state index in [0.717, 1.165) is 30.5 Å². The van der Waals surface area contributed by atoms with Crippen molar-refractivity contribution in [2.24, 2.45) is 0 Å². The number of carbonyl (C=O) groups excluding carboxylic acids is 2. The van der Waals surface area contributed by atoms with Gasteiger partial charge >= 0.3 is 0 Å². The predicted molar refractivity (Wildman–Crippen MR) is 115 cm³/mol. The number of benzene rings is 1. The number of pyridine rings is 1. The normalized spacial score (nSPS) is 17.3. The first-order chi connectivity index (χ1) is 14.5. The molecule has 0 aliphatic carbocycles. The number of amides is 2. The Morgan fingerprint density at radius 3 is 2.80 bits per heavy atom. The van der Waals surface area contributed by atoms with Crippen LogP contribution in [0.4, 0.5) is 5.82 Å². The summed E-state index contributed by atoms with van der Waals surface area (Å²) in [7, 11) is 3.53. The fourth-order valence-corrected chi connectivity index (χ4v) is 3.61. The van der Waals surface area contributed by atoms with Gasteiger partial charge in [-0.15, -0.1) is 0 Å². The molecule has 0 spiro atoms. The maximum absolute atomic E-state index is 13.0. The number of nitrogens with one attached hydrogen (secondary N) is 2. The molecule has 4 N–H and O–H groups in total. The van der Waals surface area contributed by atoms with E-state index < -0.39 is 6.04 Å². The topological polar surface area (TPSA) is 110 Å². The van der Waals surface area contributed by atoms with Crippen LogP contribution in [0.25, 0.3) is 0 Å². The SMILES string of the molecule is COc1cccc(C[C@H](NC(=O)[C@H]2CCCN2C)C(=O)NCc2ccc(N)nc2)c1. The van der Waals surface area contributed by atoms with Gasteiger partial charge < -0.3 is 21.1 Å². The van der Waals surface area contributed by atoms with E-state index in [0.29, 0.717) is 24.5 Å². The summed E-state index contributed by atoms with van der Waals surface area (Å²) in [6.45, 7) is 1.19. The van der Waals surface area contributed by atoms with E-state index >= 15 is 0 Å². The number of aromatic nitrogens is 1. The average Bonchev–Trinajstić information content (AvgIpc) is 3.18. The van der Waals surface area contributed by atoms with Gasteiger partial charge in [-0.3, -0.25) is 14.5 Å². The molecule has 8 heteroatoms. The van der Waals surface area contributed by atoms with E-state index in [1.165, 1.54) is 0 Å². The number of ether oxygens (including phenoxy) is 1. The number of hydrogen-bond acceptors (Lipinski definition) is 6. The van der Waals surface area contributed by atoms with Crippen LogP contribution in [0, 0.1) is 0 Å². The van der Waals surface area contributed by atoms with Crippen LogP contribution in [0.15, 0.2) is 42.6 Å². The van der Waals surface area contributed by atoms with Gasteiger partial charge in [0, 0.05) is 19.2 Å². The molecule has 1 aliphatic heterocycles. The van der Waals surface area contributed by atoms with Gasteiger partial charge in [0.2, 0.25) is 11.8 Å². The highest BCUT2D eigenvalue weighted by Crippen LogP contribution is 2.17. The molecule has 0 unspecified atom stereocenters. The van der Waals surface area contributed by atoms with Crippen LogP contribution in [-0.4, -0.2) is 54.5 Å². The summed E-state index contributed by atoms with van der Waals surface area (Å²) in [5.41, 5.74) is 7.35. The van der Waals surface area contributed by atoms with Gasteiger partial charge in [-0.2, -0.15) is 0 Å². The largest absolute Gasteiger partial charge is 0.497 e. The standard InChI is InChI=1S/C22H29N5O3/c1-27-10-4-7-19(27)22(29)26-18(12-15-5-3-6-17(11-15)30-2)21(28)25-14-16-8-9-20(23)24-13-16/h3,5-6,8-9,11,13,18-19H,4,7,10,12,14H2,1-2H3,(H2,23,24)(H,25,28)(H,26,29)/t18-,19+/m0/s1. The molecule has 0 bridgehead atoms. The highest BCUT2D eigenvalue weighted by Gasteiger charge is 2.31. The lowest BCUT2D eigenvalue weighted by molar-refractivity contribution is -0.131.